The van der Waals surface area contributed by atoms with Gasteiger partial charge in [0.2, 0.25) is 0 Å². The maximum atomic E-state index is 8.81. The van der Waals surface area contributed by atoms with Crippen LogP contribution < -0.4 is 0 Å². The van der Waals surface area contributed by atoms with E-state index < -0.39 is 0 Å². The molecule has 0 aliphatic carbocycles. The van der Waals surface area contributed by atoms with E-state index in [1.807, 2.05) is 16.8 Å². The van der Waals surface area contributed by atoms with Gasteiger partial charge in [0.1, 0.15) is 0 Å². The molecule has 0 unspecified atom stereocenters. The van der Waals surface area contributed by atoms with E-state index in [4.69, 9.17) is 5.11 Å². The minimum atomic E-state index is 0.0312. The van der Waals surface area contributed by atoms with Crippen LogP contribution in [0.1, 0.15) is 31.4 Å². The lowest BCUT2D eigenvalue weighted by Crippen LogP contribution is -1.94. The number of aryl methyl sites for hydroxylation is 1. The zero-order valence-corrected chi connectivity index (χ0v) is 8.52. The highest BCUT2D eigenvalue weighted by atomic mass is 16.3. The van der Waals surface area contributed by atoms with E-state index in [0.29, 0.717) is 0 Å². The molecule has 0 saturated carbocycles. The van der Waals surface area contributed by atoms with Crippen molar-refractivity contribution < 1.29 is 5.11 Å². The number of hydrogen-bond donors (Lipinski definition) is 1. The number of aliphatic hydroxyl groups excluding tert-OH is 1. The summed E-state index contributed by atoms with van der Waals surface area (Å²) in [6, 6.07) is 0. The number of aliphatic hydroxyl groups is 1. The second-order valence-electron chi connectivity index (χ2n) is 3.40. The van der Waals surface area contributed by atoms with E-state index in [0.717, 1.165) is 25.1 Å². The van der Waals surface area contributed by atoms with Crippen LogP contribution in [0.15, 0.2) is 25.2 Å². The quantitative estimate of drug-likeness (QED) is 0.533. The molecule has 3 heteroatoms. The summed E-state index contributed by atoms with van der Waals surface area (Å²) < 4.78 is 2.03. The normalized spacial score (nSPS) is 10.4. The van der Waals surface area contributed by atoms with Crippen LogP contribution in [0, 0.1) is 0 Å². The van der Waals surface area contributed by atoms with E-state index in [2.05, 4.69) is 11.6 Å². The summed E-state index contributed by atoms with van der Waals surface area (Å²) in [5, 5.41) is 8.81. The molecule has 78 valence electrons. The van der Waals surface area contributed by atoms with Gasteiger partial charge in [0.25, 0.3) is 0 Å². The molecule has 0 saturated heterocycles. The maximum Gasteiger partial charge on any atom is 0.0950 e. The topological polar surface area (TPSA) is 38.0 Å². The smallest absolute Gasteiger partial charge is 0.0950 e. The first-order chi connectivity index (χ1) is 6.86. The zero-order chi connectivity index (χ0) is 10.2. The highest BCUT2D eigenvalue weighted by molar-refractivity contribution is 4.93. The summed E-state index contributed by atoms with van der Waals surface area (Å²) in [5.41, 5.74) is 0.746. The van der Waals surface area contributed by atoms with Crippen molar-refractivity contribution in [1.29, 1.82) is 0 Å². The second kappa shape index (κ2) is 6.38. The standard InChI is InChI=1S/C11H18N2O/c1-2-3-4-5-6-7-13-8-11(9-14)12-10-13/h2,8,10,14H,1,3-7,9H2. The first-order valence-electron chi connectivity index (χ1n) is 5.09. The number of nitrogens with zero attached hydrogens (tertiary/aromatic N) is 2. The van der Waals surface area contributed by atoms with Gasteiger partial charge in [-0.1, -0.05) is 12.5 Å². The highest BCUT2D eigenvalue weighted by Crippen LogP contribution is 2.03. The van der Waals surface area contributed by atoms with E-state index in [1.165, 1.54) is 12.8 Å². The monoisotopic (exact) mass is 194 g/mol. The Morgan fingerprint density at radius 3 is 2.93 bits per heavy atom. The molecule has 0 spiro atoms. The van der Waals surface area contributed by atoms with Crippen molar-refractivity contribution in [1.82, 2.24) is 9.55 Å². The van der Waals surface area contributed by atoms with Crippen LogP contribution in [-0.2, 0) is 13.2 Å². The third kappa shape index (κ3) is 3.75. The Bertz CT molecular complexity index is 268. The van der Waals surface area contributed by atoms with Gasteiger partial charge < -0.3 is 9.67 Å². The van der Waals surface area contributed by atoms with Crippen molar-refractivity contribution in [2.45, 2.75) is 38.8 Å². The third-order valence-corrected chi connectivity index (χ3v) is 2.17. The maximum absolute atomic E-state index is 8.81. The molecule has 0 radical (unpaired) electrons. The minimum absolute atomic E-state index is 0.0312. The van der Waals surface area contributed by atoms with Crippen molar-refractivity contribution in [2.24, 2.45) is 0 Å². The summed E-state index contributed by atoms with van der Waals surface area (Å²) in [7, 11) is 0. The number of rotatable bonds is 7. The van der Waals surface area contributed by atoms with Crippen LogP contribution in [0.2, 0.25) is 0 Å². The first-order valence-corrected chi connectivity index (χ1v) is 5.09. The van der Waals surface area contributed by atoms with Crippen LogP contribution in [0.4, 0.5) is 0 Å². The first kappa shape index (κ1) is 11.0. The molecule has 1 N–H and O–H groups in total. The van der Waals surface area contributed by atoms with Crippen LogP contribution in [0.3, 0.4) is 0 Å². The molecule has 0 aliphatic rings. The lowest BCUT2D eigenvalue weighted by Gasteiger charge is -2.00. The number of imidazole rings is 1. The Labute approximate surface area is 85.1 Å². The van der Waals surface area contributed by atoms with Gasteiger partial charge in [-0.2, -0.15) is 0 Å². The molecule has 3 nitrogen and oxygen atoms in total. The Balaban J connectivity index is 2.14. The fraction of sp³-hybridized carbons (Fsp3) is 0.545. The van der Waals surface area contributed by atoms with Crippen LogP contribution >= 0.6 is 0 Å². The molecule has 0 bridgehead atoms. The van der Waals surface area contributed by atoms with E-state index in [-0.39, 0.29) is 6.61 Å². The number of allylic oxidation sites excluding steroid dienone is 1. The van der Waals surface area contributed by atoms with Crippen molar-refractivity contribution in [2.75, 3.05) is 0 Å². The van der Waals surface area contributed by atoms with Gasteiger partial charge in [-0.3, -0.25) is 0 Å². The fourth-order valence-corrected chi connectivity index (χ4v) is 1.37. The number of aromatic nitrogens is 2. The van der Waals surface area contributed by atoms with Crippen molar-refractivity contribution in [3.8, 4) is 0 Å². The van der Waals surface area contributed by atoms with Crippen molar-refractivity contribution in [3.63, 3.8) is 0 Å². The molecule has 1 aromatic rings. The Morgan fingerprint density at radius 1 is 1.43 bits per heavy atom. The van der Waals surface area contributed by atoms with Gasteiger partial charge in [0.15, 0.2) is 0 Å². The van der Waals surface area contributed by atoms with Gasteiger partial charge in [0.05, 0.1) is 18.6 Å². The van der Waals surface area contributed by atoms with Crippen LogP contribution in [0.25, 0.3) is 0 Å². The van der Waals surface area contributed by atoms with Crippen LogP contribution in [-0.4, -0.2) is 14.7 Å². The third-order valence-electron chi connectivity index (χ3n) is 2.17. The van der Waals surface area contributed by atoms with E-state index in [9.17, 15) is 0 Å². The summed E-state index contributed by atoms with van der Waals surface area (Å²) in [5.74, 6) is 0. The minimum Gasteiger partial charge on any atom is -0.390 e. The predicted octanol–water partition coefficient (Wildman–Crippen LogP) is 2.12. The molecule has 0 aliphatic heterocycles. The molecule has 14 heavy (non-hydrogen) atoms. The summed E-state index contributed by atoms with van der Waals surface area (Å²) in [4.78, 5) is 4.05. The average Bonchev–Trinajstić information content (AvgIpc) is 2.65. The Morgan fingerprint density at radius 2 is 2.29 bits per heavy atom. The molecular formula is C11H18N2O. The largest absolute Gasteiger partial charge is 0.390 e. The van der Waals surface area contributed by atoms with Crippen molar-refractivity contribution in [3.05, 3.63) is 30.9 Å². The second-order valence-corrected chi connectivity index (χ2v) is 3.40. The van der Waals surface area contributed by atoms with E-state index >= 15 is 0 Å². The number of unbranched alkanes of at least 4 members (excludes halogenated alkanes) is 3. The SMILES string of the molecule is C=CCCCCCn1cnc(CO)c1. The lowest BCUT2D eigenvalue weighted by molar-refractivity contribution is 0.277. The Kier molecular flexibility index (Phi) is 5.00. The molecule has 0 atom stereocenters. The molecule has 1 rings (SSSR count). The van der Waals surface area contributed by atoms with Gasteiger partial charge >= 0.3 is 0 Å². The molecule has 1 aromatic heterocycles. The van der Waals surface area contributed by atoms with Gasteiger partial charge in [0, 0.05) is 12.7 Å². The highest BCUT2D eigenvalue weighted by Gasteiger charge is 1.96. The van der Waals surface area contributed by atoms with Crippen LogP contribution in [0.5, 0.6) is 0 Å². The van der Waals surface area contributed by atoms with Gasteiger partial charge in [-0.25, -0.2) is 4.98 Å². The van der Waals surface area contributed by atoms with Gasteiger partial charge in [-0.05, 0) is 19.3 Å². The molecular weight excluding hydrogens is 176 g/mol. The fourth-order valence-electron chi connectivity index (χ4n) is 1.37. The van der Waals surface area contributed by atoms with Gasteiger partial charge in [-0.15, -0.1) is 6.58 Å². The Hall–Kier alpha value is -1.09. The van der Waals surface area contributed by atoms with E-state index in [1.54, 1.807) is 6.33 Å². The predicted molar refractivity (Wildman–Crippen MR) is 56.8 cm³/mol. The summed E-state index contributed by atoms with van der Waals surface area (Å²) in [6.45, 7) is 4.71. The average molecular weight is 194 g/mol. The lowest BCUT2D eigenvalue weighted by atomic mass is 10.2. The summed E-state index contributed by atoms with van der Waals surface area (Å²) in [6.07, 6.45) is 10.3. The zero-order valence-electron chi connectivity index (χ0n) is 8.52. The molecule has 0 fully saturated rings. The molecule has 0 aromatic carbocycles. The molecule has 1 heterocycles. The molecule has 0 amide bonds. The van der Waals surface area contributed by atoms with Crippen molar-refractivity contribution >= 4 is 0 Å². The number of hydrogen-bond acceptors (Lipinski definition) is 2. The summed E-state index contributed by atoms with van der Waals surface area (Å²) >= 11 is 0.